The highest BCUT2D eigenvalue weighted by atomic mass is 19.1. The second kappa shape index (κ2) is 4.97. The Morgan fingerprint density at radius 2 is 2.06 bits per heavy atom. The van der Waals surface area contributed by atoms with Crippen molar-refractivity contribution >= 4 is 0 Å². The Hall–Kier alpha value is -1.88. The van der Waals surface area contributed by atoms with E-state index in [9.17, 15) is 8.78 Å². The summed E-state index contributed by atoms with van der Waals surface area (Å²) in [6.45, 7) is 0.320. The maximum absolute atomic E-state index is 13.2. The van der Waals surface area contributed by atoms with Gasteiger partial charge in [-0.25, -0.2) is 8.78 Å². The highest BCUT2D eigenvalue weighted by Crippen LogP contribution is 2.20. The van der Waals surface area contributed by atoms with Crippen LogP contribution in [0, 0.1) is 11.6 Å². The first kappa shape index (κ1) is 11.6. The fraction of sp³-hybridized carbons (Fsp3) is 0.167. The Balaban J connectivity index is 2.09. The number of halogens is 2. The molecule has 90 valence electrons. The van der Waals surface area contributed by atoms with Gasteiger partial charge in [0.25, 0.3) is 0 Å². The number of furan rings is 1. The van der Waals surface area contributed by atoms with Crippen LogP contribution in [0.2, 0.25) is 0 Å². The lowest BCUT2D eigenvalue weighted by molar-refractivity contribution is 0.285. The molecule has 1 aromatic carbocycles. The van der Waals surface area contributed by atoms with Gasteiger partial charge >= 0.3 is 0 Å². The first-order valence-corrected chi connectivity index (χ1v) is 5.04. The number of rotatable bonds is 4. The fourth-order valence-electron chi connectivity index (χ4n) is 1.42. The molecule has 0 spiro atoms. The van der Waals surface area contributed by atoms with E-state index in [4.69, 9.17) is 14.9 Å². The molecule has 2 aromatic rings. The molecule has 3 nitrogen and oxygen atoms in total. The van der Waals surface area contributed by atoms with Crippen LogP contribution in [0.1, 0.15) is 11.3 Å². The van der Waals surface area contributed by atoms with Crippen molar-refractivity contribution in [2.24, 2.45) is 5.73 Å². The summed E-state index contributed by atoms with van der Waals surface area (Å²) in [7, 11) is 0. The van der Waals surface area contributed by atoms with Crippen LogP contribution in [-0.2, 0) is 13.2 Å². The summed E-state index contributed by atoms with van der Waals surface area (Å²) in [5, 5.41) is 0. The standard InChI is InChI=1S/C12H11F2NO2/c13-9-1-2-10(14)11(5-9)17-7-8-3-4-16-12(8)6-15/h1-5H,6-7,15H2. The molecule has 17 heavy (non-hydrogen) atoms. The third-order valence-corrected chi connectivity index (χ3v) is 2.30. The van der Waals surface area contributed by atoms with Gasteiger partial charge in [0.1, 0.15) is 18.2 Å². The molecule has 0 saturated carbocycles. The predicted octanol–water partition coefficient (Wildman–Crippen LogP) is 2.60. The van der Waals surface area contributed by atoms with Crippen LogP contribution in [0.5, 0.6) is 5.75 Å². The Kier molecular flexibility index (Phi) is 3.39. The number of hydrogen-bond donors (Lipinski definition) is 1. The lowest BCUT2D eigenvalue weighted by atomic mass is 10.2. The minimum absolute atomic E-state index is 0.0867. The number of nitrogens with two attached hydrogens (primary N) is 1. The summed E-state index contributed by atoms with van der Waals surface area (Å²) in [6, 6.07) is 4.73. The lowest BCUT2D eigenvalue weighted by Gasteiger charge is -2.06. The van der Waals surface area contributed by atoms with Crippen molar-refractivity contribution < 1.29 is 17.9 Å². The second-order valence-corrected chi connectivity index (χ2v) is 3.44. The van der Waals surface area contributed by atoms with E-state index < -0.39 is 11.6 Å². The lowest BCUT2D eigenvalue weighted by Crippen LogP contribution is -2.02. The molecule has 1 heterocycles. The number of ether oxygens (including phenoxy) is 1. The minimum atomic E-state index is -0.607. The Morgan fingerprint density at radius 1 is 1.24 bits per heavy atom. The summed E-state index contributed by atoms with van der Waals surface area (Å²) in [6.07, 6.45) is 1.48. The highest BCUT2D eigenvalue weighted by molar-refractivity contribution is 5.26. The molecular formula is C12H11F2NO2. The number of hydrogen-bond acceptors (Lipinski definition) is 3. The summed E-state index contributed by atoms with van der Waals surface area (Å²) < 4.78 is 36.4. The maximum Gasteiger partial charge on any atom is 0.165 e. The molecule has 1 aromatic heterocycles. The molecule has 2 rings (SSSR count). The average molecular weight is 239 g/mol. The molecule has 0 saturated heterocycles. The molecule has 0 aliphatic rings. The van der Waals surface area contributed by atoms with Crippen LogP contribution in [0.4, 0.5) is 8.78 Å². The average Bonchev–Trinajstić information content (AvgIpc) is 2.77. The minimum Gasteiger partial charge on any atom is -0.486 e. The van der Waals surface area contributed by atoms with Crippen LogP contribution in [0.25, 0.3) is 0 Å². The van der Waals surface area contributed by atoms with E-state index in [0.29, 0.717) is 5.76 Å². The molecule has 0 amide bonds. The van der Waals surface area contributed by atoms with Crippen LogP contribution in [-0.4, -0.2) is 0 Å². The molecule has 5 heteroatoms. The van der Waals surface area contributed by atoms with E-state index >= 15 is 0 Å². The third-order valence-electron chi connectivity index (χ3n) is 2.30. The second-order valence-electron chi connectivity index (χ2n) is 3.44. The quantitative estimate of drug-likeness (QED) is 0.892. The predicted molar refractivity (Wildman–Crippen MR) is 57.3 cm³/mol. The van der Waals surface area contributed by atoms with Gasteiger partial charge in [-0.3, -0.25) is 0 Å². The Morgan fingerprint density at radius 3 is 2.82 bits per heavy atom. The van der Waals surface area contributed by atoms with Crippen LogP contribution in [0.15, 0.2) is 34.9 Å². The molecular weight excluding hydrogens is 228 g/mol. The van der Waals surface area contributed by atoms with Gasteiger partial charge in [0.05, 0.1) is 12.8 Å². The van der Waals surface area contributed by atoms with Gasteiger partial charge in [-0.1, -0.05) is 0 Å². The molecule has 2 N–H and O–H groups in total. The third kappa shape index (κ3) is 2.62. The van der Waals surface area contributed by atoms with Crippen LogP contribution in [0.3, 0.4) is 0 Å². The zero-order valence-corrected chi connectivity index (χ0v) is 8.95. The van der Waals surface area contributed by atoms with E-state index in [2.05, 4.69) is 0 Å². The Bertz CT molecular complexity index is 511. The zero-order chi connectivity index (χ0) is 12.3. The molecule has 0 aliphatic heterocycles. The van der Waals surface area contributed by atoms with Gasteiger partial charge in [0.2, 0.25) is 0 Å². The van der Waals surface area contributed by atoms with Crippen molar-refractivity contribution in [3.63, 3.8) is 0 Å². The van der Waals surface area contributed by atoms with E-state index in [0.717, 1.165) is 23.8 Å². The molecule has 0 aliphatic carbocycles. The van der Waals surface area contributed by atoms with E-state index in [1.807, 2.05) is 0 Å². The zero-order valence-electron chi connectivity index (χ0n) is 8.95. The molecule has 0 bridgehead atoms. The van der Waals surface area contributed by atoms with Crippen molar-refractivity contribution in [2.45, 2.75) is 13.2 Å². The van der Waals surface area contributed by atoms with Gasteiger partial charge in [0.15, 0.2) is 11.6 Å². The summed E-state index contributed by atoms with van der Waals surface area (Å²) in [5.41, 5.74) is 6.15. The normalized spacial score (nSPS) is 10.5. The molecule has 0 atom stereocenters. The summed E-state index contributed by atoms with van der Waals surface area (Å²) in [4.78, 5) is 0. The molecule has 0 unspecified atom stereocenters. The first-order valence-electron chi connectivity index (χ1n) is 5.04. The topological polar surface area (TPSA) is 48.4 Å². The molecule has 0 radical (unpaired) electrons. The van der Waals surface area contributed by atoms with Crippen molar-refractivity contribution in [1.82, 2.24) is 0 Å². The van der Waals surface area contributed by atoms with Crippen LogP contribution >= 0.6 is 0 Å². The smallest absolute Gasteiger partial charge is 0.165 e. The van der Waals surface area contributed by atoms with Crippen molar-refractivity contribution in [2.75, 3.05) is 0 Å². The van der Waals surface area contributed by atoms with Crippen molar-refractivity contribution in [3.8, 4) is 5.75 Å². The van der Waals surface area contributed by atoms with E-state index in [1.165, 1.54) is 6.26 Å². The van der Waals surface area contributed by atoms with Crippen molar-refractivity contribution in [1.29, 1.82) is 0 Å². The molecule has 0 fully saturated rings. The van der Waals surface area contributed by atoms with Gasteiger partial charge < -0.3 is 14.9 Å². The number of benzene rings is 1. The summed E-state index contributed by atoms with van der Waals surface area (Å²) >= 11 is 0. The largest absolute Gasteiger partial charge is 0.486 e. The van der Waals surface area contributed by atoms with E-state index in [1.54, 1.807) is 6.07 Å². The monoisotopic (exact) mass is 239 g/mol. The van der Waals surface area contributed by atoms with Gasteiger partial charge in [-0.05, 0) is 18.2 Å². The van der Waals surface area contributed by atoms with Gasteiger partial charge in [-0.15, -0.1) is 0 Å². The van der Waals surface area contributed by atoms with E-state index in [-0.39, 0.29) is 18.9 Å². The Labute approximate surface area is 96.8 Å². The maximum atomic E-state index is 13.2. The first-order chi connectivity index (χ1) is 8.20. The fourth-order valence-corrected chi connectivity index (χ4v) is 1.42. The van der Waals surface area contributed by atoms with Crippen molar-refractivity contribution in [3.05, 3.63) is 53.5 Å². The van der Waals surface area contributed by atoms with Gasteiger partial charge in [0, 0.05) is 11.6 Å². The SMILES string of the molecule is NCc1occc1COc1cc(F)ccc1F. The van der Waals surface area contributed by atoms with Crippen LogP contribution < -0.4 is 10.5 Å². The van der Waals surface area contributed by atoms with Gasteiger partial charge in [-0.2, -0.15) is 0 Å². The summed E-state index contributed by atoms with van der Waals surface area (Å²) in [5.74, 6) is -0.715. The highest BCUT2D eigenvalue weighted by Gasteiger charge is 2.08.